The Balaban J connectivity index is 1.41. The minimum atomic E-state index is -1.30. The zero-order valence-electron chi connectivity index (χ0n) is 21.0. The Morgan fingerprint density at radius 3 is 1.63 bits per heavy atom. The van der Waals surface area contributed by atoms with E-state index in [1.165, 1.54) is 0 Å². The summed E-state index contributed by atoms with van der Waals surface area (Å²) in [4.78, 5) is 0. The quantitative estimate of drug-likeness (QED) is 0.227. The maximum absolute atomic E-state index is 12.5. The van der Waals surface area contributed by atoms with Crippen molar-refractivity contribution in [2.45, 2.75) is 12.2 Å². The first kappa shape index (κ1) is 23.7. The van der Waals surface area contributed by atoms with Crippen LogP contribution in [0.2, 0.25) is 0 Å². The van der Waals surface area contributed by atoms with Crippen LogP contribution < -0.4 is 4.74 Å². The van der Waals surface area contributed by atoms with Crippen molar-refractivity contribution in [2.75, 3.05) is 0 Å². The number of hydrogen-bond acceptors (Lipinski definition) is 2. The Bertz CT molecular complexity index is 1600. The highest BCUT2D eigenvalue weighted by atomic mass is 16.5. The highest BCUT2D eigenvalue weighted by molar-refractivity contribution is 5.99. The van der Waals surface area contributed by atoms with E-state index in [0.29, 0.717) is 6.61 Å². The van der Waals surface area contributed by atoms with E-state index in [1.807, 2.05) is 97.1 Å². The molecule has 0 heterocycles. The van der Waals surface area contributed by atoms with Gasteiger partial charge in [0.05, 0.1) is 0 Å². The third-order valence-electron chi connectivity index (χ3n) is 7.11. The summed E-state index contributed by atoms with van der Waals surface area (Å²) >= 11 is 0. The number of fused-ring (bicyclic) bond motifs is 1. The van der Waals surface area contributed by atoms with Crippen molar-refractivity contribution < 1.29 is 9.84 Å². The van der Waals surface area contributed by atoms with Crippen molar-refractivity contribution in [1.82, 2.24) is 0 Å². The Hall–Kier alpha value is -4.66. The van der Waals surface area contributed by atoms with Crippen molar-refractivity contribution in [1.29, 1.82) is 0 Å². The molecule has 2 nitrogen and oxygen atoms in total. The predicted octanol–water partition coefficient (Wildman–Crippen LogP) is 8.37. The standard InChI is InChI=1S/C36H28O2/c37-36(29-14-6-2-7-15-29,30-16-8-3-9-17-30)35-25-24-32(33-18-10-11-19-34(33)35)28-20-22-31(23-21-28)38-26-27-12-4-1-5-13-27/h1-25,37H,26H2. The molecule has 0 unspecified atom stereocenters. The molecule has 0 saturated heterocycles. The molecule has 0 fully saturated rings. The van der Waals surface area contributed by atoms with Crippen LogP contribution in [0.1, 0.15) is 22.3 Å². The summed E-state index contributed by atoms with van der Waals surface area (Å²) in [5.74, 6) is 0.834. The maximum Gasteiger partial charge on any atom is 0.141 e. The zero-order valence-corrected chi connectivity index (χ0v) is 21.0. The lowest BCUT2D eigenvalue weighted by molar-refractivity contribution is 0.127. The molecule has 0 aliphatic rings. The van der Waals surface area contributed by atoms with Gasteiger partial charge in [0.1, 0.15) is 18.0 Å². The van der Waals surface area contributed by atoms with Gasteiger partial charge in [-0.3, -0.25) is 0 Å². The van der Waals surface area contributed by atoms with E-state index < -0.39 is 5.60 Å². The average Bonchev–Trinajstić information content (AvgIpc) is 3.01. The minimum Gasteiger partial charge on any atom is -0.489 e. The van der Waals surface area contributed by atoms with Gasteiger partial charge < -0.3 is 9.84 Å². The summed E-state index contributed by atoms with van der Waals surface area (Å²) in [6.45, 7) is 0.537. The molecule has 0 saturated carbocycles. The van der Waals surface area contributed by atoms with Crippen LogP contribution in [0, 0.1) is 0 Å². The normalized spacial score (nSPS) is 11.4. The third-order valence-corrected chi connectivity index (χ3v) is 7.11. The first-order valence-corrected chi connectivity index (χ1v) is 12.9. The molecule has 0 bridgehead atoms. The molecule has 38 heavy (non-hydrogen) atoms. The number of hydrogen-bond donors (Lipinski definition) is 1. The van der Waals surface area contributed by atoms with Crippen LogP contribution in [0.3, 0.4) is 0 Å². The molecular weight excluding hydrogens is 464 g/mol. The van der Waals surface area contributed by atoms with E-state index in [4.69, 9.17) is 4.74 Å². The van der Waals surface area contributed by atoms with Gasteiger partial charge in [0.15, 0.2) is 0 Å². The second kappa shape index (κ2) is 10.4. The molecule has 0 aliphatic carbocycles. The lowest BCUT2D eigenvalue weighted by Crippen LogP contribution is -2.29. The number of rotatable bonds is 7. The van der Waals surface area contributed by atoms with Crippen LogP contribution >= 0.6 is 0 Å². The van der Waals surface area contributed by atoms with Gasteiger partial charge in [-0.15, -0.1) is 0 Å². The van der Waals surface area contributed by atoms with E-state index in [1.54, 1.807) is 0 Å². The molecule has 6 aromatic rings. The van der Waals surface area contributed by atoms with Gasteiger partial charge in [-0.1, -0.05) is 140 Å². The fraction of sp³-hybridized carbons (Fsp3) is 0.0556. The van der Waals surface area contributed by atoms with Crippen LogP contribution in [0.4, 0.5) is 0 Å². The number of ether oxygens (including phenoxy) is 1. The maximum atomic E-state index is 12.5. The van der Waals surface area contributed by atoms with Gasteiger partial charge in [-0.25, -0.2) is 0 Å². The van der Waals surface area contributed by atoms with Gasteiger partial charge >= 0.3 is 0 Å². The zero-order chi connectivity index (χ0) is 25.8. The Morgan fingerprint density at radius 2 is 1.03 bits per heavy atom. The van der Waals surface area contributed by atoms with Crippen LogP contribution in [0.25, 0.3) is 21.9 Å². The number of aliphatic hydroxyl groups is 1. The average molecular weight is 493 g/mol. The van der Waals surface area contributed by atoms with Gasteiger partial charge in [0.25, 0.3) is 0 Å². The van der Waals surface area contributed by atoms with Crippen molar-refractivity contribution in [3.8, 4) is 16.9 Å². The first-order valence-electron chi connectivity index (χ1n) is 12.9. The Morgan fingerprint density at radius 1 is 0.500 bits per heavy atom. The summed E-state index contributed by atoms with van der Waals surface area (Å²) < 4.78 is 6.00. The first-order chi connectivity index (χ1) is 18.7. The Kier molecular flexibility index (Phi) is 6.47. The number of benzene rings is 6. The van der Waals surface area contributed by atoms with Crippen LogP contribution in [0.15, 0.2) is 152 Å². The molecule has 0 amide bonds. The molecular formula is C36H28O2. The molecule has 0 aromatic heterocycles. The molecule has 6 aromatic carbocycles. The predicted molar refractivity (Wildman–Crippen MR) is 155 cm³/mol. The fourth-order valence-electron chi connectivity index (χ4n) is 5.17. The van der Waals surface area contributed by atoms with E-state index >= 15 is 0 Å². The van der Waals surface area contributed by atoms with Gasteiger partial charge in [-0.2, -0.15) is 0 Å². The van der Waals surface area contributed by atoms with Gasteiger partial charge in [-0.05, 0) is 50.7 Å². The SMILES string of the molecule is OC(c1ccccc1)(c1ccccc1)c1ccc(-c2ccc(OCc3ccccc3)cc2)c2ccccc12. The van der Waals surface area contributed by atoms with E-state index in [0.717, 1.165) is 49.9 Å². The van der Waals surface area contributed by atoms with E-state index in [-0.39, 0.29) is 0 Å². The topological polar surface area (TPSA) is 29.5 Å². The van der Waals surface area contributed by atoms with Crippen LogP contribution in [-0.4, -0.2) is 5.11 Å². The molecule has 1 N–H and O–H groups in total. The molecule has 0 atom stereocenters. The monoisotopic (exact) mass is 492 g/mol. The van der Waals surface area contributed by atoms with Gasteiger partial charge in [0, 0.05) is 5.56 Å². The lowest BCUT2D eigenvalue weighted by atomic mass is 9.77. The second-order valence-corrected chi connectivity index (χ2v) is 9.45. The second-order valence-electron chi connectivity index (χ2n) is 9.45. The van der Waals surface area contributed by atoms with Crippen LogP contribution in [-0.2, 0) is 12.2 Å². The third kappa shape index (κ3) is 4.47. The highest BCUT2D eigenvalue weighted by Gasteiger charge is 2.35. The van der Waals surface area contributed by atoms with E-state index in [2.05, 4.69) is 54.6 Å². The lowest BCUT2D eigenvalue weighted by Gasteiger charge is -2.31. The van der Waals surface area contributed by atoms with Crippen LogP contribution in [0.5, 0.6) is 5.75 Å². The van der Waals surface area contributed by atoms with Crippen molar-refractivity contribution in [3.63, 3.8) is 0 Å². The molecule has 0 spiro atoms. The Labute approximate surface area is 223 Å². The summed E-state index contributed by atoms with van der Waals surface area (Å²) in [6, 6.07) is 50.7. The molecule has 6 rings (SSSR count). The van der Waals surface area contributed by atoms with E-state index in [9.17, 15) is 5.11 Å². The molecule has 0 radical (unpaired) electrons. The smallest absolute Gasteiger partial charge is 0.141 e. The molecule has 2 heteroatoms. The highest BCUT2D eigenvalue weighted by Crippen LogP contribution is 2.42. The van der Waals surface area contributed by atoms with Crippen molar-refractivity contribution in [2.24, 2.45) is 0 Å². The summed E-state index contributed by atoms with van der Waals surface area (Å²) in [6.07, 6.45) is 0. The minimum absolute atomic E-state index is 0.537. The summed E-state index contributed by atoms with van der Waals surface area (Å²) in [7, 11) is 0. The summed E-state index contributed by atoms with van der Waals surface area (Å²) in [5, 5.41) is 14.6. The largest absolute Gasteiger partial charge is 0.489 e. The van der Waals surface area contributed by atoms with Crippen molar-refractivity contribution >= 4 is 10.8 Å². The fourth-order valence-corrected chi connectivity index (χ4v) is 5.17. The summed E-state index contributed by atoms with van der Waals surface area (Å²) in [5.41, 5.74) is 4.59. The van der Waals surface area contributed by atoms with Gasteiger partial charge in [0.2, 0.25) is 0 Å². The van der Waals surface area contributed by atoms with Crippen molar-refractivity contribution in [3.05, 3.63) is 174 Å². The molecule has 0 aliphatic heterocycles. The molecule has 184 valence electrons.